The number of rotatable bonds is 5. The summed E-state index contributed by atoms with van der Waals surface area (Å²) in [6.45, 7) is 6.69. The molecule has 0 aromatic rings. The van der Waals surface area contributed by atoms with Crippen LogP contribution in [-0.4, -0.2) is 47.4 Å². The van der Waals surface area contributed by atoms with E-state index in [1.165, 1.54) is 4.90 Å². The quantitative estimate of drug-likeness (QED) is 0.717. The van der Waals surface area contributed by atoms with Crippen LogP contribution in [0.1, 0.15) is 27.7 Å². The van der Waals surface area contributed by atoms with E-state index in [9.17, 15) is 14.4 Å². The lowest BCUT2D eigenvalue weighted by atomic mass is 9.96. The number of carboxylic acids is 1. The molecule has 0 unspecified atom stereocenters. The molecule has 17 heavy (non-hydrogen) atoms. The number of nitrogens with one attached hydrogen (secondary N) is 1. The summed E-state index contributed by atoms with van der Waals surface area (Å²) in [5.41, 5.74) is -0.565. The van der Waals surface area contributed by atoms with Crippen molar-refractivity contribution in [3.05, 3.63) is 0 Å². The number of hydrogen-bond acceptors (Lipinski definition) is 3. The summed E-state index contributed by atoms with van der Waals surface area (Å²) in [4.78, 5) is 34.8. The van der Waals surface area contributed by atoms with E-state index in [-0.39, 0.29) is 19.0 Å². The number of aliphatic carboxylic acids is 1. The minimum atomic E-state index is -1.07. The number of likely N-dealkylation sites (N-methyl/N-ethyl adjacent to an activating group) is 1. The van der Waals surface area contributed by atoms with Crippen molar-refractivity contribution in [2.45, 2.75) is 27.7 Å². The Hall–Kier alpha value is -1.59. The smallest absolute Gasteiger partial charge is 0.323 e. The average molecular weight is 244 g/mol. The number of carbonyl (C=O) groups excluding carboxylic acids is 2. The standard InChI is InChI=1S/C11H20N2O4/c1-5-13(7-9(15)16)8(14)6-12-10(17)11(2,3)4/h5-7H2,1-4H3,(H,12,17)(H,15,16). The Labute approximate surface area is 101 Å². The first kappa shape index (κ1) is 15.4. The third kappa shape index (κ3) is 5.89. The van der Waals surface area contributed by atoms with Crippen LogP contribution in [0, 0.1) is 5.41 Å². The largest absolute Gasteiger partial charge is 0.480 e. The van der Waals surface area contributed by atoms with Crippen molar-refractivity contribution in [1.29, 1.82) is 0 Å². The molecule has 2 N–H and O–H groups in total. The van der Waals surface area contributed by atoms with Gasteiger partial charge >= 0.3 is 5.97 Å². The normalized spacial score (nSPS) is 10.8. The highest BCUT2D eigenvalue weighted by molar-refractivity contribution is 5.88. The third-order valence-corrected chi connectivity index (χ3v) is 2.14. The zero-order chi connectivity index (χ0) is 13.6. The maximum absolute atomic E-state index is 11.6. The van der Waals surface area contributed by atoms with Gasteiger partial charge in [0, 0.05) is 12.0 Å². The molecule has 0 radical (unpaired) electrons. The Kier molecular flexibility index (Phi) is 5.64. The highest BCUT2D eigenvalue weighted by atomic mass is 16.4. The maximum Gasteiger partial charge on any atom is 0.323 e. The zero-order valence-corrected chi connectivity index (χ0v) is 10.7. The summed E-state index contributed by atoms with van der Waals surface area (Å²) in [5.74, 6) is -1.70. The molecule has 98 valence electrons. The van der Waals surface area contributed by atoms with E-state index in [1.807, 2.05) is 0 Å². The van der Waals surface area contributed by atoms with Gasteiger partial charge in [-0.3, -0.25) is 14.4 Å². The molecular weight excluding hydrogens is 224 g/mol. The van der Waals surface area contributed by atoms with Crippen molar-refractivity contribution in [2.24, 2.45) is 5.41 Å². The van der Waals surface area contributed by atoms with E-state index in [4.69, 9.17) is 5.11 Å². The minimum absolute atomic E-state index is 0.169. The number of hydrogen-bond donors (Lipinski definition) is 2. The molecule has 0 aliphatic carbocycles. The van der Waals surface area contributed by atoms with E-state index in [0.717, 1.165) is 0 Å². The SMILES string of the molecule is CCN(CC(=O)O)C(=O)CNC(=O)C(C)(C)C. The number of nitrogens with zero attached hydrogens (tertiary/aromatic N) is 1. The fourth-order valence-electron chi connectivity index (χ4n) is 1.07. The fraction of sp³-hybridized carbons (Fsp3) is 0.727. The Morgan fingerprint density at radius 3 is 2.12 bits per heavy atom. The van der Waals surface area contributed by atoms with E-state index in [1.54, 1.807) is 27.7 Å². The van der Waals surface area contributed by atoms with E-state index < -0.39 is 17.3 Å². The van der Waals surface area contributed by atoms with E-state index in [2.05, 4.69) is 5.32 Å². The van der Waals surface area contributed by atoms with Gasteiger partial charge in [0.1, 0.15) is 6.54 Å². The van der Waals surface area contributed by atoms with Gasteiger partial charge in [-0.1, -0.05) is 20.8 Å². The number of carbonyl (C=O) groups is 3. The second-order valence-electron chi connectivity index (χ2n) is 4.73. The van der Waals surface area contributed by atoms with Gasteiger partial charge in [0.25, 0.3) is 0 Å². The lowest BCUT2D eigenvalue weighted by molar-refractivity contribution is -0.144. The predicted molar refractivity (Wildman–Crippen MR) is 62.4 cm³/mol. The van der Waals surface area contributed by atoms with Gasteiger partial charge in [-0.25, -0.2) is 0 Å². The summed E-state index contributed by atoms with van der Waals surface area (Å²) < 4.78 is 0. The topological polar surface area (TPSA) is 86.7 Å². The van der Waals surface area contributed by atoms with Crippen LogP contribution in [0.2, 0.25) is 0 Å². The lowest BCUT2D eigenvalue weighted by Crippen LogP contribution is -2.44. The Balaban J connectivity index is 4.25. The van der Waals surface area contributed by atoms with Gasteiger partial charge in [-0.05, 0) is 6.92 Å². The van der Waals surface area contributed by atoms with Gasteiger partial charge in [0.15, 0.2) is 0 Å². The van der Waals surface area contributed by atoms with Crippen molar-refractivity contribution in [1.82, 2.24) is 10.2 Å². The molecule has 0 atom stereocenters. The van der Waals surface area contributed by atoms with Crippen LogP contribution in [0.15, 0.2) is 0 Å². The van der Waals surface area contributed by atoms with Crippen LogP contribution >= 0.6 is 0 Å². The molecule has 0 fully saturated rings. The molecule has 0 bridgehead atoms. The first-order valence-corrected chi connectivity index (χ1v) is 5.46. The Morgan fingerprint density at radius 1 is 1.24 bits per heavy atom. The van der Waals surface area contributed by atoms with Crippen LogP contribution < -0.4 is 5.32 Å². The Bertz CT molecular complexity index is 307. The second-order valence-corrected chi connectivity index (χ2v) is 4.73. The maximum atomic E-state index is 11.6. The van der Waals surface area contributed by atoms with Gasteiger partial charge in [0.2, 0.25) is 11.8 Å². The van der Waals surface area contributed by atoms with Crippen molar-refractivity contribution in [3.63, 3.8) is 0 Å². The second kappa shape index (κ2) is 6.22. The first-order valence-electron chi connectivity index (χ1n) is 5.46. The summed E-state index contributed by atoms with van der Waals surface area (Å²) >= 11 is 0. The molecule has 0 aliphatic rings. The predicted octanol–water partition coefficient (Wildman–Crippen LogP) is 0.0818. The van der Waals surface area contributed by atoms with Crippen LogP contribution in [0.5, 0.6) is 0 Å². The van der Waals surface area contributed by atoms with Gasteiger partial charge in [0.05, 0.1) is 6.54 Å². The molecule has 2 amide bonds. The van der Waals surface area contributed by atoms with Crippen LogP contribution in [0.25, 0.3) is 0 Å². The van der Waals surface area contributed by atoms with Gasteiger partial charge in [-0.15, -0.1) is 0 Å². The molecule has 0 saturated carbocycles. The molecule has 0 saturated heterocycles. The van der Waals surface area contributed by atoms with Gasteiger partial charge < -0.3 is 15.3 Å². The highest BCUT2D eigenvalue weighted by Crippen LogP contribution is 2.11. The number of carboxylic acid groups (broad SMARTS) is 1. The Morgan fingerprint density at radius 2 is 1.76 bits per heavy atom. The minimum Gasteiger partial charge on any atom is -0.480 e. The molecule has 0 rings (SSSR count). The average Bonchev–Trinajstić information content (AvgIpc) is 2.20. The lowest BCUT2D eigenvalue weighted by Gasteiger charge is -2.21. The van der Waals surface area contributed by atoms with Crippen LogP contribution in [-0.2, 0) is 14.4 Å². The summed E-state index contributed by atoms with van der Waals surface area (Å²) in [6, 6.07) is 0. The molecule has 6 heteroatoms. The third-order valence-electron chi connectivity index (χ3n) is 2.14. The highest BCUT2D eigenvalue weighted by Gasteiger charge is 2.22. The molecule has 6 nitrogen and oxygen atoms in total. The van der Waals surface area contributed by atoms with Crippen LogP contribution in [0.3, 0.4) is 0 Å². The fourth-order valence-corrected chi connectivity index (χ4v) is 1.07. The summed E-state index contributed by atoms with van der Waals surface area (Å²) in [6.07, 6.45) is 0. The van der Waals surface area contributed by atoms with E-state index in [0.29, 0.717) is 6.54 Å². The molecule has 0 aliphatic heterocycles. The summed E-state index contributed by atoms with van der Waals surface area (Å²) in [5, 5.41) is 11.1. The van der Waals surface area contributed by atoms with Crippen molar-refractivity contribution in [2.75, 3.05) is 19.6 Å². The molecule has 0 heterocycles. The van der Waals surface area contributed by atoms with Crippen LogP contribution in [0.4, 0.5) is 0 Å². The van der Waals surface area contributed by atoms with Crippen molar-refractivity contribution < 1.29 is 19.5 Å². The van der Waals surface area contributed by atoms with E-state index >= 15 is 0 Å². The molecule has 0 spiro atoms. The van der Waals surface area contributed by atoms with Crippen molar-refractivity contribution in [3.8, 4) is 0 Å². The molecular formula is C11H20N2O4. The first-order chi connectivity index (χ1) is 7.68. The molecule has 0 aromatic carbocycles. The summed E-state index contributed by atoms with van der Waals surface area (Å²) in [7, 11) is 0. The zero-order valence-electron chi connectivity index (χ0n) is 10.7. The monoisotopic (exact) mass is 244 g/mol. The van der Waals surface area contributed by atoms with Crippen molar-refractivity contribution >= 4 is 17.8 Å². The molecule has 0 aromatic heterocycles. The number of amides is 2. The van der Waals surface area contributed by atoms with Gasteiger partial charge in [-0.2, -0.15) is 0 Å².